The van der Waals surface area contributed by atoms with Gasteiger partial charge in [0, 0.05) is 17.2 Å². The fourth-order valence-corrected chi connectivity index (χ4v) is 3.98. The van der Waals surface area contributed by atoms with Crippen LogP contribution in [0.4, 0.5) is 11.4 Å². The van der Waals surface area contributed by atoms with Crippen LogP contribution < -0.4 is 0 Å². The zero-order chi connectivity index (χ0) is 23.9. The normalized spacial score (nSPS) is 14.1. The van der Waals surface area contributed by atoms with Crippen molar-refractivity contribution in [1.29, 1.82) is 0 Å². The first-order chi connectivity index (χ1) is 16.6. The number of hydrogen-bond donors (Lipinski definition) is 0. The molecule has 4 aromatic rings. The summed E-state index contributed by atoms with van der Waals surface area (Å²) in [4.78, 5) is 14.6. The van der Waals surface area contributed by atoms with Gasteiger partial charge in [0.2, 0.25) is 0 Å². The van der Waals surface area contributed by atoms with Crippen molar-refractivity contribution in [2.75, 3.05) is 0 Å². The summed E-state index contributed by atoms with van der Waals surface area (Å²) in [5.74, 6) is 0. The SMILES string of the molecule is CC(=Nc1ccccc1)C1=CCC(C(C)=Nc2c3ccccc3cc3ccccc23)=N1.[Cl][Fe][Cl]. The summed E-state index contributed by atoms with van der Waals surface area (Å²) in [6.07, 6.45) is 2.91. The molecule has 6 heteroatoms. The molecule has 0 atom stereocenters. The second-order valence-electron chi connectivity index (χ2n) is 7.80. The molecule has 0 bridgehead atoms. The Labute approximate surface area is 214 Å². The molecule has 0 N–H and O–H groups in total. The van der Waals surface area contributed by atoms with Gasteiger partial charge in [0.05, 0.1) is 34.2 Å². The van der Waals surface area contributed by atoms with Crippen molar-refractivity contribution in [1.82, 2.24) is 0 Å². The van der Waals surface area contributed by atoms with Crippen molar-refractivity contribution >= 4 is 70.3 Å². The maximum absolute atomic E-state index is 5.09. The van der Waals surface area contributed by atoms with Gasteiger partial charge in [-0.3, -0.25) is 9.98 Å². The fourth-order valence-electron chi connectivity index (χ4n) is 3.98. The van der Waals surface area contributed by atoms with E-state index in [1.54, 1.807) is 0 Å². The van der Waals surface area contributed by atoms with Crippen LogP contribution in [0.1, 0.15) is 20.3 Å². The van der Waals surface area contributed by atoms with E-state index in [0.29, 0.717) is 0 Å². The summed E-state index contributed by atoms with van der Waals surface area (Å²) >= 11 is 0.194. The monoisotopic (exact) mass is 527 g/mol. The van der Waals surface area contributed by atoms with Gasteiger partial charge >= 0.3 is 33.3 Å². The predicted octanol–water partition coefficient (Wildman–Crippen LogP) is 8.98. The van der Waals surface area contributed by atoms with Gasteiger partial charge in [0.15, 0.2) is 0 Å². The van der Waals surface area contributed by atoms with Crippen molar-refractivity contribution in [3.63, 3.8) is 0 Å². The number of nitrogens with zero attached hydrogens (tertiary/aromatic N) is 3. The molecule has 0 fully saturated rings. The molecule has 0 unspecified atom stereocenters. The Kier molecular flexibility index (Phi) is 8.31. The third kappa shape index (κ3) is 5.65. The van der Waals surface area contributed by atoms with Gasteiger partial charge in [-0.2, -0.15) is 0 Å². The molecule has 5 rings (SSSR count). The molecule has 0 aliphatic carbocycles. The molecule has 0 spiro atoms. The summed E-state index contributed by atoms with van der Waals surface area (Å²) in [6.45, 7) is 4.06. The number of allylic oxidation sites excluding steroid dienone is 2. The number of rotatable bonds is 4. The molecule has 0 aromatic heterocycles. The number of fused-ring (bicyclic) bond motifs is 2. The Bertz CT molecular complexity index is 1390. The van der Waals surface area contributed by atoms with Crippen molar-refractivity contribution in [2.45, 2.75) is 20.3 Å². The van der Waals surface area contributed by atoms with Crippen LogP contribution in [-0.2, 0) is 13.1 Å². The van der Waals surface area contributed by atoms with Gasteiger partial charge in [-0.15, -0.1) is 0 Å². The van der Waals surface area contributed by atoms with E-state index in [4.69, 9.17) is 35.2 Å². The number of para-hydroxylation sites is 1. The number of halogens is 2. The van der Waals surface area contributed by atoms with E-state index in [9.17, 15) is 0 Å². The van der Waals surface area contributed by atoms with Gasteiger partial charge in [0.25, 0.3) is 0 Å². The molecule has 0 radical (unpaired) electrons. The van der Waals surface area contributed by atoms with E-state index in [1.165, 1.54) is 10.8 Å². The third-order valence-corrected chi connectivity index (χ3v) is 5.61. The average molecular weight is 528 g/mol. The van der Waals surface area contributed by atoms with Gasteiger partial charge in [-0.1, -0.05) is 72.8 Å². The first kappa shape index (κ1) is 24.4. The quantitative estimate of drug-likeness (QED) is 0.144. The fraction of sp³-hybridized carbons (Fsp3) is 0.107. The van der Waals surface area contributed by atoms with E-state index in [1.807, 2.05) is 37.3 Å². The molecular formula is C28H23Cl2FeN3. The van der Waals surface area contributed by atoms with Crippen LogP contribution in [0.25, 0.3) is 21.5 Å². The van der Waals surface area contributed by atoms with E-state index in [0.717, 1.165) is 51.4 Å². The summed E-state index contributed by atoms with van der Waals surface area (Å²) < 4.78 is 0. The van der Waals surface area contributed by atoms with Crippen LogP contribution in [0, 0.1) is 0 Å². The second-order valence-corrected chi connectivity index (χ2v) is 9.62. The number of aliphatic imine (C=N–C) groups is 3. The van der Waals surface area contributed by atoms with Crippen molar-refractivity contribution in [2.24, 2.45) is 15.0 Å². The van der Waals surface area contributed by atoms with Crippen LogP contribution in [0.15, 0.2) is 112 Å². The molecular weight excluding hydrogens is 505 g/mol. The Hall–Kier alpha value is -2.75. The summed E-state index contributed by atoms with van der Waals surface area (Å²) in [7, 11) is 9.53. The minimum absolute atomic E-state index is 0.194. The summed E-state index contributed by atoms with van der Waals surface area (Å²) in [6, 6.07) is 29.1. The second kappa shape index (κ2) is 11.6. The minimum atomic E-state index is 0.194. The summed E-state index contributed by atoms with van der Waals surface area (Å²) in [5.41, 5.74) is 5.74. The maximum atomic E-state index is 5.09. The average Bonchev–Trinajstić information content (AvgIpc) is 3.36. The number of benzene rings is 4. The summed E-state index contributed by atoms with van der Waals surface area (Å²) in [5, 5.41) is 4.72. The van der Waals surface area contributed by atoms with Gasteiger partial charge < -0.3 is 0 Å². The molecule has 4 aromatic carbocycles. The molecule has 172 valence electrons. The molecule has 1 aliphatic rings. The van der Waals surface area contributed by atoms with E-state index in [2.05, 4.69) is 67.6 Å². The topological polar surface area (TPSA) is 37.1 Å². The van der Waals surface area contributed by atoms with Crippen molar-refractivity contribution < 1.29 is 13.1 Å². The predicted molar refractivity (Wildman–Crippen MR) is 145 cm³/mol. The zero-order valence-corrected chi connectivity index (χ0v) is 21.4. The molecule has 34 heavy (non-hydrogen) atoms. The van der Waals surface area contributed by atoms with Crippen LogP contribution >= 0.6 is 20.2 Å². The first-order valence-electron chi connectivity index (χ1n) is 10.8. The van der Waals surface area contributed by atoms with Crippen molar-refractivity contribution in [3.8, 4) is 0 Å². The van der Waals surface area contributed by atoms with Crippen LogP contribution in [0.5, 0.6) is 0 Å². The Morgan fingerprint density at radius 1 is 0.765 bits per heavy atom. The Morgan fingerprint density at radius 2 is 1.32 bits per heavy atom. The van der Waals surface area contributed by atoms with E-state index < -0.39 is 0 Å². The molecule has 0 saturated carbocycles. The first-order valence-corrected chi connectivity index (χ1v) is 13.8. The molecule has 1 aliphatic heterocycles. The van der Waals surface area contributed by atoms with Gasteiger partial charge in [-0.25, -0.2) is 4.99 Å². The van der Waals surface area contributed by atoms with Crippen LogP contribution in [-0.4, -0.2) is 17.1 Å². The van der Waals surface area contributed by atoms with Crippen LogP contribution in [0.3, 0.4) is 0 Å². The molecule has 0 saturated heterocycles. The number of hydrogen-bond acceptors (Lipinski definition) is 3. The van der Waals surface area contributed by atoms with Crippen molar-refractivity contribution in [3.05, 3.63) is 96.7 Å². The van der Waals surface area contributed by atoms with Gasteiger partial charge in [-0.05, 0) is 42.8 Å². The zero-order valence-electron chi connectivity index (χ0n) is 18.8. The molecule has 0 amide bonds. The standard InChI is InChI=1S/C28H23N3.2ClH.Fe/c1-19(29-23-12-4-3-5-13-23)26-16-17-27(31-26)20(2)30-28-24-14-8-6-10-21(24)18-22-11-7-9-15-25(22)28;;;/h3-16,18H,17H2,1-2H3;2*1H;/q;;;+2/p-2. The molecule has 3 nitrogen and oxygen atoms in total. The van der Waals surface area contributed by atoms with E-state index >= 15 is 0 Å². The van der Waals surface area contributed by atoms with Gasteiger partial charge in [0.1, 0.15) is 0 Å². The molecule has 1 heterocycles. The Morgan fingerprint density at radius 3 is 1.94 bits per heavy atom. The third-order valence-electron chi connectivity index (χ3n) is 5.61. The Balaban J connectivity index is 0.000000868. The van der Waals surface area contributed by atoms with E-state index in [-0.39, 0.29) is 13.1 Å². The van der Waals surface area contributed by atoms with Crippen LogP contribution in [0.2, 0.25) is 0 Å².